The van der Waals surface area contributed by atoms with Crippen molar-refractivity contribution in [2.75, 3.05) is 64.9 Å². The van der Waals surface area contributed by atoms with E-state index in [-0.39, 0.29) is 30.0 Å². The molecule has 2 N–H and O–H groups in total. The molecule has 0 bridgehead atoms. The Kier molecular flexibility index (Phi) is 10.7. The molecule has 7 rings (SSSR count). The summed E-state index contributed by atoms with van der Waals surface area (Å²) in [6, 6.07) is 8.82. The number of rotatable bonds is 10. The Labute approximate surface area is 308 Å². The second-order valence-electron chi connectivity index (χ2n) is 14.1. The maximum absolute atomic E-state index is 12.8. The van der Waals surface area contributed by atoms with Gasteiger partial charge in [0.15, 0.2) is 0 Å². The number of aryl methyl sites for hydroxylation is 1. The van der Waals surface area contributed by atoms with Crippen molar-refractivity contribution in [2.45, 2.75) is 38.3 Å². The number of carbonyl (C=O) groups is 3. The van der Waals surface area contributed by atoms with Crippen LogP contribution in [-0.4, -0.2) is 108 Å². The van der Waals surface area contributed by atoms with E-state index in [1.54, 1.807) is 50.5 Å². The number of carbonyl (C=O) groups excluding carboxylic acids is 3. The number of piperazine rings is 1. The van der Waals surface area contributed by atoms with Crippen LogP contribution in [0.1, 0.15) is 41.7 Å². The molecular weight excluding hydrogens is 676 g/mol. The first-order chi connectivity index (χ1) is 25.7. The molecule has 3 aliphatic heterocycles. The largest absolute Gasteiger partial charge is 0.496 e. The molecule has 1 aromatic carbocycles. The molecule has 0 radical (unpaired) electrons. The van der Waals surface area contributed by atoms with E-state index in [0.29, 0.717) is 11.3 Å². The maximum Gasteiger partial charge on any atom is 0.270 e. The summed E-state index contributed by atoms with van der Waals surface area (Å²) in [4.78, 5) is 64.7. The van der Waals surface area contributed by atoms with Crippen LogP contribution in [0.15, 0.2) is 59.9 Å². The van der Waals surface area contributed by atoms with Gasteiger partial charge in [0.2, 0.25) is 11.8 Å². The molecule has 3 amide bonds. The number of anilines is 1. The quantitative estimate of drug-likeness (QED) is 0.233. The van der Waals surface area contributed by atoms with E-state index in [2.05, 4.69) is 41.4 Å². The van der Waals surface area contributed by atoms with Gasteiger partial charge in [0.1, 0.15) is 23.2 Å². The number of piperidine rings is 2. The van der Waals surface area contributed by atoms with Crippen LogP contribution in [0.3, 0.4) is 0 Å². The van der Waals surface area contributed by atoms with Crippen LogP contribution in [0.2, 0.25) is 0 Å². The fraction of sp³-hybridized carbons (Fsp3) is 0.436. The maximum atomic E-state index is 12.8. The van der Waals surface area contributed by atoms with Crippen LogP contribution >= 0.6 is 0 Å². The van der Waals surface area contributed by atoms with E-state index < -0.39 is 17.9 Å². The Balaban J connectivity index is 0.903. The summed E-state index contributed by atoms with van der Waals surface area (Å²) in [5.41, 5.74) is 3.93. The third kappa shape index (κ3) is 7.88. The van der Waals surface area contributed by atoms with Crippen molar-refractivity contribution in [1.82, 2.24) is 35.0 Å². The van der Waals surface area contributed by atoms with Gasteiger partial charge in [-0.1, -0.05) is 0 Å². The van der Waals surface area contributed by atoms with E-state index in [4.69, 9.17) is 9.47 Å². The fourth-order valence-electron chi connectivity index (χ4n) is 7.70. The Morgan fingerprint density at radius 1 is 0.887 bits per heavy atom. The van der Waals surface area contributed by atoms with Gasteiger partial charge in [0.05, 0.1) is 31.5 Å². The number of hydrogen-bond acceptors (Lipinski definition) is 11. The molecule has 0 spiro atoms. The number of methoxy groups -OCH3 is 2. The van der Waals surface area contributed by atoms with Gasteiger partial charge in [-0.15, -0.1) is 0 Å². The first-order valence-corrected chi connectivity index (χ1v) is 18.2. The number of fused-ring (bicyclic) bond motifs is 1. The van der Waals surface area contributed by atoms with Crippen LogP contribution in [0.25, 0.3) is 21.9 Å². The summed E-state index contributed by atoms with van der Waals surface area (Å²) in [6.07, 6.45) is 9.54. The van der Waals surface area contributed by atoms with Gasteiger partial charge in [0, 0.05) is 101 Å². The Bertz CT molecular complexity index is 2050. The smallest absolute Gasteiger partial charge is 0.270 e. The van der Waals surface area contributed by atoms with Gasteiger partial charge in [-0.3, -0.25) is 34.4 Å². The predicted octanol–water partition coefficient (Wildman–Crippen LogP) is 2.58. The third-order valence-electron chi connectivity index (χ3n) is 10.8. The highest BCUT2D eigenvalue weighted by Gasteiger charge is 2.29. The highest BCUT2D eigenvalue weighted by molar-refractivity contribution is 6.03. The van der Waals surface area contributed by atoms with Crippen molar-refractivity contribution in [3.63, 3.8) is 0 Å². The van der Waals surface area contributed by atoms with Crippen molar-refractivity contribution < 1.29 is 23.9 Å². The molecule has 6 heterocycles. The minimum Gasteiger partial charge on any atom is -0.496 e. The molecule has 3 aliphatic rings. The number of nitrogens with one attached hydrogen (secondary N) is 2. The van der Waals surface area contributed by atoms with Crippen LogP contribution in [0.5, 0.6) is 11.5 Å². The number of amides is 3. The summed E-state index contributed by atoms with van der Waals surface area (Å²) in [7, 11) is 5.11. The zero-order valence-electron chi connectivity index (χ0n) is 30.5. The monoisotopic (exact) mass is 722 g/mol. The molecule has 14 nitrogen and oxygen atoms in total. The Morgan fingerprint density at radius 3 is 2.34 bits per heavy atom. The van der Waals surface area contributed by atoms with E-state index in [1.165, 1.54) is 0 Å². The van der Waals surface area contributed by atoms with Crippen molar-refractivity contribution in [1.29, 1.82) is 0 Å². The standard InChI is InChI=1S/C39H46N8O6/c1-44-24-31(28-8-11-40-21-30(28)39(44)51)29-19-34(52-2)26(18-35(29)53-3)23-46-16-14-45(15-17-46)22-25-9-12-47(13-10-25)27-4-5-32(41-20-27)37(49)42-33-6-7-36(48)43-38(33)50/h4-5,8,11,18-21,24-25,33H,6-7,9-10,12-17,22-23H2,1-3H3,(H,42,49)(H,43,48,50). The lowest BCUT2D eigenvalue weighted by Gasteiger charge is -2.39. The van der Waals surface area contributed by atoms with Gasteiger partial charge in [-0.25, -0.2) is 4.98 Å². The van der Waals surface area contributed by atoms with Crippen molar-refractivity contribution in [2.24, 2.45) is 13.0 Å². The molecule has 3 saturated heterocycles. The second-order valence-corrected chi connectivity index (χ2v) is 14.1. The molecule has 0 saturated carbocycles. The molecule has 3 fully saturated rings. The number of pyridine rings is 3. The van der Waals surface area contributed by atoms with E-state index in [1.807, 2.05) is 24.4 Å². The highest BCUT2D eigenvalue weighted by Crippen LogP contribution is 2.39. The molecular formula is C39H46N8O6. The lowest BCUT2D eigenvalue weighted by atomic mass is 9.95. The first-order valence-electron chi connectivity index (χ1n) is 18.2. The molecule has 278 valence electrons. The van der Waals surface area contributed by atoms with Gasteiger partial charge < -0.3 is 29.2 Å². The number of benzene rings is 1. The summed E-state index contributed by atoms with van der Waals surface area (Å²) >= 11 is 0. The minimum absolute atomic E-state index is 0.0944. The normalized spacial score (nSPS) is 18.9. The first kappa shape index (κ1) is 36.0. The van der Waals surface area contributed by atoms with Gasteiger partial charge in [-0.2, -0.15) is 0 Å². The third-order valence-corrected chi connectivity index (χ3v) is 10.8. The molecule has 0 aliphatic carbocycles. The Hall–Kier alpha value is -5.34. The minimum atomic E-state index is -0.727. The average Bonchev–Trinajstić information content (AvgIpc) is 3.18. The SMILES string of the molecule is COc1cc(-c2cn(C)c(=O)c3cnccc23)c(OC)cc1CN1CCN(CC2CCN(c3ccc(C(=O)NC4CCC(=O)NC4=O)nc3)CC2)CC1. The summed E-state index contributed by atoms with van der Waals surface area (Å²) in [5.74, 6) is 0.904. The summed E-state index contributed by atoms with van der Waals surface area (Å²) in [5, 5.41) is 6.31. The zero-order valence-corrected chi connectivity index (χ0v) is 30.5. The van der Waals surface area contributed by atoms with E-state index >= 15 is 0 Å². The molecule has 1 unspecified atom stereocenters. The van der Waals surface area contributed by atoms with Gasteiger partial charge >= 0.3 is 0 Å². The molecule has 1 atom stereocenters. The molecule has 4 aromatic rings. The van der Waals surface area contributed by atoms with E-state index in [9.17, 15) is 19.2 Å². The van der Waals surface area contributed by atoms with Crippen molar-refractivity contribution >= 4 is 34.2 Å². The van der Waals surface area contributed by atoms with Crippen LogP contribution in [-0.2, 0) is 23.2 Å². The lowest BCUT2D eigenvalue weighted by Crippen LogP contribution is -2.52. The van der Waals surface area contributed by atoms with Crippen molar-refractivity contribution in [3.8, 4) is 22.6 Å². The Morgan fingerprint density at radius 2 is 1.64 bits per heavy atom. The van der Waals surface area contributed by atoms with Crippen LogP contribution < -0.4 is 30.6 Å². The predicted molar refractivity (Wildman–Crippen MR) is 200 cm³/mol. The topological polar surface area (TPSA) is 151 Å². The van der Waals surface area contributed by atoms with Crippen LogP contribution in [0.4, 0.5) is 5.69 Å². The number of imide groups is 1. The average molecular weight is 723 g/mol. The number of ether oxygens (including phenoxy) is 2. The van der Waals surface area contributed by atoms with Crippen LogP contribution in [0, 0.1) is 5.92 Å². The number of nitrogens with zero attached hydrogens (tertiary/aromatic N) is 6. The fourth-order valence-corrected chi connectivity index (χ4v) is 7.70. The van der Waals surface area contributed by atoms with Gasteiger partial charge in [-0.05, 0) is 60.9 Å². The second kappa shape index (κ2) is 15.7. The summed E-state index contributed by atoms with van der Waals surface area (Å²) in [6.45, 7) is 7.60. The van der Waals surface area contributed by atoms with E-state index in [0.717, 1.165) is 104 Å². The zero-order chi connectivity index (χ0) is 37.1. The van der Waals surface area contributed by atoms with Gasteiger partial charge in [0.25, 0.3) is 11.5 Å². The molecule has 3 aromatic heterocycles. The van der Waals surface area contributed by atoms with Crippen molar-refractivity contribution in [3.05, 3.63) is 76.7 Å². The highest BCUT2D eigenvalue weighted by atomic mass is 16.5. The number of hydrogen-bond donors (Lipinski definition) is 2. The molecule has 53 heavy (non-hydrogen) atoms. The molecule has 14 heteroatoms. The number of aromatic nitrogens is 3. The lowest BCUT2D eigenvalue weighted by molar-refractivity contribution is -0.134. The summed E-state index contributed by atoms with van der Waals surface area (Å²) < 4.78 is 13.4.